The Morgan fingerprint density at radius 3 is 2.83 bits per heavy atom. The van der Waals surface area contributed by atoms with Crippen LogP contribution >= 0.6 is 0 Å². The lowest BCUT2D eigenvalue weighted by molar-refractivity contribution is 0.0958. The highest BCUT2D eigenvalue weighted by atomic mass is 16.3. The van der Waals surface area contributed by atoms with Crippen molar-refractivity contribution in [3.63, 3.8) is 0 Å². The zero-order valence-corrected chi connectivity index (χ0v) is 16.8. The van der Waals surface area contributed by atoms with E-state index in [0.29, 0.717) is 30.3 Å². The first-order valence-corrected chi connectivity index (χ1v) is 10.1. The summed E-state index contributed by atoms with van der Waals surface area (Å²) in [4.78, 5) is 30.6. The normalized spacial score (nSPS) is 15.9. The summed E-state index contributed by atoms with van der Waals surface area (Å²) in [6.45, 7) is 4.09. The van der Waals surface area contributed by atoms with Crippen molar-refractivity contribution in [1.82, 2.24) is 19.9 Å². The molecule has 0 saturated heterocycles. The SMILES string of the molecule is CCc1ccc2nc(Nc3ncc4c(n3)C[C@H](c3ccco3)CC4=O)nc(C)c2c1. The van der Waals surface area contributed by atoms with Gasteiger partial charge in [-0.25, -0.2) is 19.9 Å². The minimum atomic E-state index is -0.00493. The molecule has 0 amide bonds. The maximum Gasteiger partial charge on any atom is 0.230 e. The summed E-state index contributed by atoms with van der Waals surface area (Å²) >= 11 is 0. The maximum atomic E-state index is 12.5. The van der Waals surface area contributed by atoms with Crippen LogP contribution in [0.4, 0.5) is 11.9 Å². The van der Waals surface area contributed by atoms with E-state index in [1.54, 1.807) is 12.5 Å². The van der Waals surface area contributed by atoms with E-state index in [0.717, 1.165) is 34.5 Å². The summed E-state index contributed by atoms with van der Waals surface area (Å²) in [5.41, 5.74) is 4.31. The number of rotatable bonds is 4. The van der Waals surface area contributed by atoms with Gasteiger partial charge in [-0.2, -0.15) is 0 Å². The Morgan fingerprint density at radius 1 is 1.13 bits per heavy atom. The van der Waals surface area contributed by atoms with Crippen molar-refractivity contribution >= 4 is 28.6 Å². The number of anilines is 2. The van der Waals surface area contributed by atoms with Crippen molar-refractivity contribution < 1.29 is 9.21 Å². The van der Waals surface area contributed by atoms with Crippen LogP contribution in [-0.2, 0) is 12.8 Å². The Bertz CT molecular complexity index is 1250. The summed E-state index contributed by atoms with van der Waals surface area (Å²) < 4.78 is 5.50. The molecule has 30 heavy (non-hydrogen) atoms. The van der Waals surface area contributed by atoms with Crippen LogP contribution in [0.3, 0.4) is 0 Å². The van der Waals surface area contributed by atoms with Gasteiger partial charge in [0.05, 0.1) is 28.7 Å². The number of furan rings is 1. The van der Waals surface area contributed by atoms with Gasteiger partial charge >= 0.3 is 0 Å². The van der Waals surface area contributed by atoms with Gasteiger partial charge in [-0.1, -0.05) is 13.0 Å². The summed E-state index contributed by atoms with van der Waals surface area (Å²) in [6, 6.07) is 9.96. The molecule has 1 aliphatic rings. The van der Waals surface area contributed by atoms with E-state index in [4.69, 9.17) is 4.42 Å². The van der Waals surface area contributed by atoms with E-state index in [1.165, 1.54) is 5.56 Å². The second-order valence-corrected chi connectivity index (χ2v) is 7.56. The molecule has 4 aromatic rings. The number of aromatic nitrogens is 4. The predicted molar refractivity (Wildman–Crippen MR) is 113 cm³/mol. The predicted octanol–water partition coefficient (Wildman–Crippen LogP) is 4.54. The first kappa shape index (κ1) is 18.4. The van der Waals surface area contributed by atoms with Crippen molar-refractivity contribution in [3.8, 4) is 0 Å². The van der Waals surface area contributed by atoms with Crippen LogP contribution in [-0.4, -0.2) is 25.7 Å². The van der Waals surface area contributed by atoms with Crippen LogP contribution in [0.25, 0.3) is 10.9 Å². The second-order valence-electron chi connectivity index (χ2n) is 7.56. The quantitative estimate of drug-likeness (QED) is 0.538. The van der Waals surface area contributed by atoms with E-state index < -0.39 is 0 Å². The summed E-state index contributed by atoms with van der Waals surface area (Å²) in [7, 11) is 0. The second kappa shape index (κ2) is 7.33. The third-order valence-corrected chi connectivity index (χ3v) is 5.57. The molecule has 1 atom stereocenters. The molecule has 3 heterocycles. The zero-order chi connectivity index (χ0) is 20.7. The lowest BCUT2D eigenvalue weighted by Gasteiger charge is -2.21. The number of nitrogens with one attached hydrogen (secondary N) is 1. The molecule has 0 bridgehead atoms. The van der Waals surface area contributed by atoms with Crippen molar-refractivity contribution in [3.05, 3.63) is 71.1 Å². The number of Topliss-reactive ketones (excluding diaryl/α,β-unsaturated/α-hetero) is 1. The van der Waals surface area contributed by atoms with E-state index >= 15 is 0 Å². The van der Waals surface area contributed by atoms with Gasteiger partial charge in [0.2, 0.25) is 11.9 Å². The number of carbonyl (C=O) groups excluding carboxylic acids is 1. The van der Waals surface area contributed by atoms with E-state index in [-0.39, 0.29) is 11.7 Å². The number of fused-ring (bicyclic) bond motifs is 2. The van der Waals surface area contributed by atoms with Gasteiger partial charge in [0.1, 0.15) is 5.76 Å². The molecular weight excluding hydrogens is 378 g/mol. The average Bonchev–Trinajstić information content (AvgIpc) is 3.28. The monoisotopic (exact) mass is 399 g/mol. The Hall–Kier alpha value is -3.61. The Morgan fingerprint density at radius 2 is 2.03 bits per heavy atom. The highest BCUT2D eigenvalue weighted by Gasteiger charge is 2.29. The molecule has 150 valence electrons. The largest absolute Gasteiger partial charge is 0.469 e. The maximum absolute atomic E-state index is 12.5. The number of aryl methyl sites for hydroxylation is 2. The fraction of sp³-hybridized carbons (Fsp3) is 0.261. The molecular formula is C23H21N5O2. The Labute approximate surface area is 173 Å². The molecule has 0 unspecified atom stereocenters. The molecule has 5 rings (SSSR count). The molecule has 1 N–H and O–H groups in total. The molecule has 0 radical (unpaired) electrons. The number of ketones is 1. The molecule has 0 fully saturated rings. The smallest absolute Gasteiger partial charge is 0.230 e. The van der Waals surface area contributed by atoms with Gasteiger partial charge < -0.3 is 4.42 Å². The lowest BCUT2D eigenvalue weighted by Crippen LogP contribution is -2.21. The number of benzene rings is 1. The van der Waals surface area contributed by atoms with Crippen molar-refractivity contribution in [2.75, 3.05) is 5.32 Å². The van der Waals surface area contributed by atoms with Gasteiger partial charge in [-0.15, -0.1) is 0 Å². The highest BCUT2D eigenvalue weighted by molar-refractivity contribution is 5.98. The summed E-state index contributed by atoms with van der Waals surface area (Å²) in [6.07, 6.45) is 5.22. The minimum Gasteiger partial charge on any atom is -0.469 e. The van der Waals surface area contributed by atoms with E-state index in [1.807, 2.05) is 25.1 Å². The molecule has 7 heteroatoms. The van der Waals surface area contributed by atoms with Gasteiger partial charge in [-0.3, -0.25) is 10.1 Å². The number of nitrogens with zero attached hydrogens (tertiary/aromatic N) is 4. The first-order chi connectivity index (χ1) is 14.6. The number of carbonyl (C=O) groups is 1. The van der Waals surface area contributed by atoms with Crippen molar-refractivity contribution in [2.24, 2.45) is 0 Å². The third-order valence-electron chi connectivity index (χ3n) is 5.57. The molecule has 7 nitrogen and oxygen atoms in total. The van der Waals surface area contributed by atoms with Gasteiger partial charge in [0.15, 0.2) is 5.78 Å². The molecule has 1 aromatic carbocycles. The fourth-order valence-electron chi connectivity index (χ4n) is 3.93. The lowest BCUT2D eigenvalue weighted by atomic mass is 9.85. The average molecular weight is 399 g/mol. The topological polar surface area (TPSA) is 93.8 Å². The van der Waals surface area contributed by atoms with Crippen LogP contribution in [0.15, 0.2) is 47.2 Å². The summed E-state index contributed by atoms with van der Waals surface area (Å²) in [5.74, 6) is 1.66. The van der Waals surface area contributed by atoms with Crippen molar-refractivity contribution in [1.29, 1.82) is 0 Å². The highest BCUT2D eigenvalue weighted by Crippen LogP contribution is 2.32. The zero-order valence-electron chi connectivity index (χ0n) is 16.8. The van der Waals surface area contributed by atoms with Gasteiger partial charge in [0, 0.05) is 30.3 Å². The fourth-order valence-corrected chi connectivity index (χ4v) is 3.93. The van der Waals surface area contributed by atoms with E-state index in [9.17, 15) is 4.79 Å². The van der Waals surface area contributed by atoms with Crippen LogP contribution in [0.2, 0.25) is 0 Å². The molecule has 1 aliphatic carbocycles. The van der Waals surface area contributed by atoms with Crippen LogP contribution in [0.1, 0.15) is 52.3 Å². The van der Waals surface area contributed by atoms with Crippen LogP contribution in [0.5, 0.6) is 0 Å². The van der Waals surface area contributed by atoms with Crippen molar-refractivity contribution in [2.45, 2.75) is 39.0 Å². The number of hydrogen-bond donors (Lipinski definition) is 1. The summed E-state index contributed by atoms with van der Waals surface area (Å²) in [5, 5.41) is 4.14. The molecule has 0 aliphatic heterocycles. The van der Waals surface area contributed by atoms with Gasteiger partial charge in [-0.05, 0) is 43.2 Å². The Balaban J connectivity index is 1.45. The van der Waals surface area contributed by atoms with Crippen LogP contribution < -0.4 is 5.32 Å². The molecule has 3 aromatic heterocycles. The number of hydrogen-bond acceptors (Lipinski definition) is 7. The molecule has 0 spiro atoms. The van der Waals surface area contributed by atoms with Gasteiger partial charge in [0.25, 0.3) is 0 Å². The first-order valence-electron chi connectivity index (χ1n) is 10.1. The standard InChI is InChI=1S/C23H21N5O2/c1-3-14-6-7-18-16(9-14)13(2)25-23(26-18)28-22-24-12-17-19(27-22)10-15(11-20(17)29)21-5-4-8-30-21/h4-9,12,15H,3,10-11H2,1-2H3,(H,24,25,26,27,28)/t15-/m0/s1. The molecule has 0 saturated carbocycles. The van der Waals surface area contributed by atoms with E-state index in [2.05, 4.69) is 44.3 Å². The Kier molecular flexibility index (Phi) is 4.50. The minimum absolute atomic E-state index is 0.00493. The third kappa shape index (κ3) is 3.32. The van der Waals surface area contributed by atoms with Crippen LogP contribution in [0, 0.1) is 6.92 Å².